The average Bonchev–Trinajstić information content (AvgIpc) is 2.90. The summed E-state index contributed by atoms with van der Waals surface area (Å²) in [7, 11) is 0. The zero-order valence-electron chi connectivity index (χ0n) is 15.5. The molecule has 0 bridgehead atoms. The lowest BCUT2D eigenvalue weighted by molar-refractivity contribution is -0.108. The molecule has 4 nitrogen and oxygen atoms in total. The van der Waals surface area contributed by atoms with Gasteiger partial charge in [0.15, 0.2) is 0 Å². The summed E-state index contributed by atoms with van der Waals surface area (Å²) in [6.07, 6.45) is 3.59. The highest BCUT2D eigenvalue weighted by Crippen LogP contribution is 2.47. The molecular formula is C19H29NO3S. The number of hydrogen-bond acceptors (Lipinski definition) is 4. The van der Waals surface area contributed by atoms with Crippen molar-refractivity contribution in [2.75, 3.05) is 13.2 Å². The van der Waals surface area contributed by atoms with Crippen molar-refractivity contribution < 1.29 is 14.3 Å². The summed E-state index contributed by atoms with van der Waals surface area (Å²) < 4.78 is 11.9. The molecule has 1 fully saturated rings. The van der Waals surface area contributed by atoms with Crippen LogP contribution in [0.25, 0.3) is 0 Å². The van der Waals surface area contributed by atoms with Crippen molar-refractivity contribution in [1.82, 2.24) is 4.90 Å². The van der Waals surface area contributed by atoms with Gasteiger partial charge in [0, 0.05) is 28.8 Å². The van der Waals surface area contributed by atoms with Crippen molar-refractivity contribution in [3.8, 4) is 0 Å². The lowest BCUT2D eigenvalue weighted by Crippen LogP contribution is -2.53. The Bertz CT molecular complexity index is 619. The molecule has 0 radical (unpaired) electrons. The summed E-state index contributed by atoms with van der Waals surface area (Å²) in [5.74, 6) is 0. The Balaban J connectivity index is 1.78. The number of amides is 1. The summed E-state index contributed by atoms with van der Waals surface area (Å²) in [5, 5.41) is 0. The molecule has 0 N–H and O–H groups in total. The maximum Gasteiger partial charge on any atom is 0.410 e. The molecule has 2 aliphatic heterocycles. The van der Waals surface area contributed by atoms with Crippen molar-refractivity contribution in [3.63, 3.8) is 0 Å². The lowest BCUT2D eigenvalue weighted by Gasteiger charge is -2.46. The van der Waals surface area contributed by atoms with Crippen LogP contribution in [0.1, 0.15) is 62.8 Å². The first-order valence-corrected chi connectivity index (χ1v) is 9.81. The minimum absolute atomic E-state index is 0.117. The lowest BCUT2D eigenvalue weighted by atomic mass is 9.82. The van der Waals surface area contributed by atoms with Gasteiger partial charge in [-0.05, 0) is 58.6 Å². The molecule has 1 spiro atoms. The Hall–Kier alpha value is -1.07. The number of nitrogens with zero attached hydrogens (tertiary/aromatic N) is 1. The van der Waals surface area contributed by atoms with E-state index in [0.29, 0.717) is 6.54 Å². The number of likely N-dealkylation sites (tertiary alicyclic amines) is 1. The molecular weight excluding hydrogens is 322 g/mol. The summed E-state index contributed by atoms with van der Waals surface area (Å²) in [6.45, 7) is 11.5. The quantitative estimate of drug-likeness (QED) is 0.748. The average molecular weight is 352 g/mol. The minimum Gasteiger partial charge on any atom is -0.444 e. The molecule has 24 heavy (non-hydrogen) atoms. The second kappa shape index (κ2) is 6.34. The van der Waals surface area contributed by atoms with E-state index in [1.54, 1.807) is 0 Å². The van der Waals surface area contributed by atoms with Crippen LogP contribution >= 0.6 is 11.3 Å². The SMILES string of the molecule is CCc1cc2c(s1)[C@]1(CCN(C(=O)OC(C)(C)C)[C@@H](C)C1)OCC2. The van der Waals surface area contributed by atoms with Crippen LogP contribution < -0.4 is 0 Å². The highest BCUT2D eigenvalue weighted by atomic mass is 32.1. The number of thiophene rings is 1. The van der Waals surface area contributed by atoms with Crippen LogP contribution in [-0.2, 0) is 27.9 Å². The predicted molar refractivity (Wildman–Crippen MR) is 96.7 cm³/mol. The fourth-order valence-corrected chi connectivity index (χ4v) is 5.12. The third-order valence-electron chi connectivity index (χ3n) is 4.91. The molecule has 1 amide bonds. The fourth-order valence-electron chi connectivity index (χ4n) is 3.79. The molecule has 0 aromatic carbocycles. The van der Waals surface area contributed by atoms with Crippen LogP contribution in [0.2, 0.25) is 0 Å². The van der Waals surface area contributed by atoms with Crippen molar-refractivity contribution in [2.24, 2.45) is 0 Å². The largest absolute Gasteiger partial charge is 0.444 e. The topological polar surface area (TPSA) is 38.8 Å². The number of hydrogen-bond donors (Lipinski definition) is 0. The molecule has 134 valence electrons. The molecule has 3 heterocycles. The van der Waals surface area contributed by atoms with Gasteiger partial charge >= 0.3 is 6.09 Å². The Morgan fingerprint density at radius 2 is 2.25 bits per heavy atom. The van der Waals surface area contributed by atoms with E-state index >= 15 is 0 Å². The van der Waals surface area contributed by atoms with Gasteiger partial charge in [-0.15, -0.1) is 11.3 Å². The van der Waals surface area contributed by atoms with Crippen molar-refractivity contribution in [1.29, 1.82) is 0 Å². The Morgan fingerprint density at radius 1 is 1.50 bits per heavy atom. The van der Waals surface area contributed by atoms with Gasteiger partial charge in [-0.25, -0.2) is 4.79 Å². The number of aryl methyl sites for hydroxylation is 1. The smallest absolute Gasteiger partial charge is 0.410 e. The molecule has 3 rings (SSSR count). The Labute approximate surface area is 149 Å². The van der Waals surface area contributed by atoms with Gasteiger partial charge in [-0.2, -0.15) is 0 Å². The molecule has 1 saturated heterocycles. The third kappa shape index (κ3) is 3.33. The molecule has 0 aliphatic carbocycles. The van der Waals surface area contributed by atoms with E-state index in [1.807, 2.05) is 37.0 Å². The van der Waals surface area contributed by atoms with Gasteiger partial charge in [0.05, 0.1) is 6.61 Å². The van der Waals surface area contributed by atoms with Crippen molar-refractivity contribution in [2.45, 2.75) is 77.5 Å². The summed E-state index contributed by atoms with van der Waals surface area (Å²) in [5.41, 5.74) is 0.800. The standard InChI is InChI=1S/C19H29NO3S/c1-6-15-11-14-7-10-22-19(16(14)24-15)8-9-20(13(2)12-19)17(21)23-18(3,4)5/h11,13H,6-10,12H2,1-5H3/t13-,19+/m0/s1. The molecule has 0 unspecified atom stereocenters. The van der Waals surface area contributed by atoms with Gasteiger partial charge in [-0.3, -0.25) is 0 Å². The first kappa shape index (κ1) is 17.7. The van der Waals surface area contributed by atoms with Crippen molar-refractivity contribution in [3.05, 3.63) is 21.4 Å². The zero-order valence-corrected chi connectivity index (χ0v) is 16.3. The predicted octanol–water partition coefficient (Wildman–Crippen LogP) is 4.50. The normalized spacial score (nSPS) is 27.2. The molecule has 2 atom stereocenters. The van der Waals surface area contributed by atoms with Crippen LogP contribution in [0, 0.1) is 0 Å². The Morgan fingerprint density at radius 3 is 2.88 bits per heavy atom. The van der Waals surface area contributed by atoms with Gasteiger partial charge in [0.2, 0.25) is 0 Å². The summed E-state index contributed by atoms with van der Waals surface area (Å²) >= 11 is 1.90. The molecule has 1 aromatic rings. The van der Waals surface area contributed by atoms with E-state index in [4.69, 9.17) is 9.47 Å². The van der Waals surface area contributed by atoms with Gasteiger partial charge in [0.25, 0.3) is 0 Å². The van der Waals surface area contributed by atoms with Crippen LogP contribution in [-0.4, -0.2) is 35.8 Å². The fraction of sp³-hybridized carbons (Fsp3) is 0.737. The Kier molecular flexibility index (Phi) is 4.69. The van der Waals surface area contributed by atoms with Crippen molar-refractivity contribution >= 4 is 17.4 Å². The van der Waals surface area contributed by atoms with Gasteiger partial charge in [-0.1, -0.05) is 6.92 Å². The molecule has 2 aliphatic rings. The number of ether oxygens (including phenoxy) is 2. The zero-order chi connectivity index (χ0) is 17.5. The van der Waals surface area contributed by atoms with Crippen LogP contribution in [0.15, 0.2) is 6.07 Å². The van der Waals surface area contributed by atoms with Crippen LogP contribution in [0.3, 0.4) is 0 Å². The van der Waals surface area contributed by atoms with E-state index in [9.17, 15) is 4.79 Å². The van der Waals surface area contributed by atoms with Gasteiger partial charge < -0.3 is 14.4 Å². The van der Waals surface area contributed by atoms with Crippen LogP contribution in [0.4, 0.5) is 4.79 Å². The number of rotatable bonds is 1. The third-order valence-corrected chi connectivity index (χ3v) is 6.42. The summed E-state index contributed by atoms with van der Waals surface area (Å²) in [6, 6.07) is 2.47. The maximum atomic E-state index is 12.5. The highest BCUT2D eigenvalue weighted by Gasteiger charge is 2.46. The van der Waals surface area contributed by atoms with E-state index in [0.717, 1.165) is 32.3 Å². The molecule has 0 saturated carbocycles. The van der Waals surface area contributed by atoms with E-state index < -0.39 is 5.60 Å². The van der Waals surface area contributed by atoms with E-state index in [2.05, 4.69) is 19.9 Å². The van der Waals surface area contributed by atoms with Gasteiger partial charge in [0.1, 0.15) is 11.2 Å². The number of fused-ring (bicyclic) bond motifs is 2. The first-order chi connectivity index (χ1) is 11.2. The first-order valence-electron chi connectivity index (χ1n) is 9.00. The number of carbonyl (C=O) groups is 1. The van der Waals surface area contributed by atoms with E-state index in [1.165, 1.54) is 15.3 Å². The highest BCUT2D eigenvalue weighted by molar-refractivity contribution is 7.12. The second-order valence-electron chi connectivity index (χ2n) is 7.99. The molecule has 5 heteroatoms. The van der Waals surface area contributed by atoms with Crippen LogP contribution in [0.5, 0.6) is 0 Å². The molecule has 1 aromatic heterocycles. The minimum atomic E-state index is -0.454. The number of carbonyl (C=O) groups excluding carboxylic acids is 1. The number of piperidine rings is 1. The summed E-state index contributed by atoms with van der Waals surface area (Å²) in [4.78, 5) is 17.2. The van der Waals surface area contributed by atoms with E-state index in [-0.39, 0.29) is 17.7 Å². The maximum absolute atomic E-state index is 12.5. The monoisotopic (exact) mass is 351 g/mol. The second-order valence-corrected chi connectivity index (χ2v) is 9.13.